The van der Waals surface area contributed by atoms with Crippen molar-refractivity contribution in [2.45, 2.75) is 26.8 Å². The van der Waals surface area contributed by atoms with Gasteiger partial charge >= 0.3 is 0 Å². The molecule has 26 heavy (non-hydrogen) atoms. The number of hydrogen-bond donors (Lipinski definition) is 1. The number of aromatic nitrogens is 1. The van der Waals surface area contributed by atoms with Crippen molar-refractivity contribution in [3.05, 3.63) is 63.1 Å². The second kappa shape index (κ2) is 7.04. The molecule has 0 bridgehead atoms. The summed E-state index contributed by atoms with van der Waals surface area (Å²) in [5.74, 6) is -0.146. The normalized spacial score (nSPS) is 17.1. The molecule has 1 aromatic heterocycles. The number of nitrogens with one attached hydrogen (secondary N) is 1. The zero-order valence-electron chi connectivity index (χ0n) is 15.2. The van der Waals surface area contributed by atoms with Crippen LogP contribution in [0.1, 0.15) is 34.0 Å². The lowest BCUT2D eigenvalue weighted by molar-refractivity contribution is 0.0673. The highest BCUT2D eigenvalue weighted by Crippen LogP contribution is 2.24. The van der Waals surface area contributed by atoms with E-state index in [0.717, 1.165) is 13.1 Å². The minimum atomic E-state index is -0.459. The van der Waals surface area contributed by atoms with Gasteiger partial charge < -0.3 is 14.8 Å². The van der Waals surface area contributed by atoms with Gasteiger partial charge in [0, 0.05) is 37.6 Å². The molecule has 1 aliphatic heterocycles. The summed E-state index contributed by atoms with van der Waals surface area (Å²) in [6.45, 7) is 7.84. The molecule has 1 aliphatic rings. The summed E-state index contributed by atoms with van der Waals surface area (Å²) in [6, 6.07) is 10.1. The molecule has 1 saturated heterocycles. The number of piperazine rings is 1. The third-order valence-electron chi connectivity index (χ3n) is 5.04. The maximum absolute atomic E-state index is 13.0. The highest BCUT2D eigenvalue weighted by Gasteiger charge is 2.30. The largest absolute Gasteiger partial charge is 0.367 e. The molecule has 3 rings (SSSR count). The molecule has 1 aromatic carbocycles. The van der Waals surface area contributed by atoms with E-state index >= 15 is 0 Å². The third kappa shape index (κ3) is 3.08. The number of carbonyl (C=O) groups is 1. The molecule has 6 heteroatoms. The summed E-state index contributed by atoms with van der Waals surface area (Å²) in [7, 11) is 0. The van der Waals surface area contributed by atoms with E-state index in [0.29, 0.717) is 17.7 Å². The van der Waals surface area contributed by atoms with E-state index < -0.39 is 5.56 Å². The Balaban J connectivity index is 1.82. The number of amides is 1. The maximum Gasteiger partial charge on any atom is 0.266 e. The Morgan fingerprint density at radius 1 is 1.27 bits per heavy atom. The molecule has 6 nitrogen and oxygen atoms in total. The van der Waals surface area contributed by atoms with E-state index in [9.17, 15) is 9.59 Å². The van der Waals surface area contributed by atoms with Gasteiger partial charge in [-0.25, -0.2) is 0 Å². The Kier molecular flexibility index (Phi) is 4.81. The summed E-state index contributed by atoms with van der Waals surface area (Å²) < 4.78 is 0. The predicted molar refractivity (Wildman–Crippen MR) is 100 cm³/mol. The highest BCUT2D eigenvalue weighted by atomic mass is 16.2. The summed E-state index contributed by atoms with van der Waals surface area (Å²) in [4.78, 5) is 31.3. The molecule has 1 atom stereocenters. The maximum atomic E-state index is 13.0. The predicted octanol–water partition coefficient (Wildman–Crippen LogP) is 2.21. The first-order chi connectivity index (χ1) is 12.4. The first-order valence-corrected chi connectivity index (χ1v) is 8.68. The molecule has 0 radical (unpaired) electrons. The van der Waals surface area contributed by atoms with Crippen LogP contribution in [0.5, 0.6) is 0 Å². The van der Waals surface area contributed by atoms with Crippen LogP contribution in [0.2, 0.25) is 0 Å². The number of nitrogens with zero attached hydrogens (tertiary/aromatic N) is 3. The first-order valence-electron chi connectivity index (χ1n) is 8.68. The number of nitriles is 1. The molecule has 1 fully saturated rings. The molecular weight excluding hydrogens is 328 g/mol. The van der Waals surface area contributed by atoms with Crippen LogP contribution in [0.4, 0.5) is 5.69 Å². The molecule has 1 amide bonds. The Labute approximate surface area is 152 Å². The molecular formula is C20H22N4O2. The Morgan fingerprint density at radius 3 is 2.65 bits per heavy atom. The summed E-state index contributed by atoms with van der Waals surface area (Å²) >= 11 is 0. The van der Waals surface area contributed by atoms with Crippen molar-refractivity contribution in [2.75, 3.05) is 24.5 Å². The third-order valence-corrected chi connectivity index (χ3v) is 5.04. The van der Waals surface area contributed by atoms with Crippen LogP contribution in [0.25, 0.3) is 0 Å². The van der Waals surface area contributed by atoms with Crippen molar-refractivity contribution in [2.24, 2.45) is 0 Å². The number of benzene rings is 1. The van der Waals surface area contributed by atoms with Crippen LogP contribution in [0.3, 0.4) is 0 Å². The minimum Gasteiger partial charge on any atom is -0.367 e. The molecule has 2 heterocycles. The quantitative estimate of drug-likeness (QED) is 0.900. The summed E-state index contributed by atoms with van der Waals surface area (Å²) in [6.07, 6.45) is 1.42. The molecule has 2 aromatic rings. The van der Waals surface area contributed by atoms with Gasteiger partial charge in [-0.3, -0.25) is 9.59 Å². The van der Waals surface area contributed by atoms with Gasteiger partial charge in [-0.15, -0.1) is 0 Å². The molecule has 0 spiro atoms. The van der Waals surface area contributed by atoms with Crippen LogP contribution >= 0.6 is 0 Å². The average Bonchev–Trinajstić information content (AvgIpc) is 2.62. The number of rotatable bonds is 2. The van der Waals surface area contributed by atoms with Crippen molar-refractivity contribution in [1.29, 1.82) is 5.26 Å². The minimum absolute atomic E-state index is 0.00190. The molecule has 134 valence electrons. The van der Waals surface area contributed by atoms with Gasteiger partial charge in [-0.05, 0) is 38.0 Å². The fourth-order valence-corrected chi connectivity index (χ4v) is 3.53. The van der Waals surface area contributed by atoms with Gasteiger partial charge in [0.15, 0.2) is 0 Å². The number of pyridine rings is 1. The Morgan fingerprint density at radius 2 is 2.00 bits per heavy atom. The van der Waals surface area contributed by atoms with Crippen LogP contribution in [0, 0.1) is 25.2 Å². The van der Waals surface area contributed by atoms with Gasteiger partial charge in [0.25, 0.3) is 11.5 Å². The second-order valence-electron chi connectivity index (χ2n) is 6.72. The fourth-order valence-electron chi connectivity index (χ4n) is 3.53. The smallest absolute Gasteiger partial charge is 0.266 e. The van der Waals surface area contributed by atoms with Crippen molar-refractivity contribution in [3.63, 3.8) is 0 Å². The SMILES string of the molecule is Cc1ccccc1N1CCN(C(=O)c2c[nH]c(=O)c(C#N)c2C)C(C)C1. The number of para-hydroxylation sites is 1. The molecule has 0 aliphatic carbocycles. The van der Waals surface area contributed by atoms with E-state index in [1.54, 1.807) is 6.92 Å². The number of carbonyl (C=O) groups excluding carboxylic acids is 1. The van der Waals surface area contributed by atoms with Crippen molar-refractivity contribution in [3.8, 4) is 6.07 Å². The van der Waals surface area contributed by atoms with Gasteiger partial charge in [0.05, 0.1) is 5.56 Å². The zero-order valence-corrected chi connectivity index (χ0v) is 15.2. The van der Waals surface area contributed by atoms with E-state index in [-0.39, 0.29) is 17.5 Å². The van der Waals surface area contributed by atoms with Crippen molar-refractivity contribution >= 4 is 11.6 Å². The van der Waals surface area contributed by atoms with E-state index in [4.69, 9.17) is 5.26 Å². The number of aryl methyl sites for hydroxylation is 1. The highest BCUT2D eigenvalue weighted by molar-refractivity contribution is 5.96. The lowest BCUT2D eigenvalue weighted by Gasteiger charge is -2.41. The lowest BCUT2D eigenvalue weighted by Crippen LogP contribution is -2.54. The number of H-pyrrole nitrogens is 1. The molecule has 1 unspecified atom stereocenters. The first kappa shape index (κ1) is 17.7. The van der Waals surface area contributed by atoms with Gasteiger partial charge in [-0.2, -0.15) is 5.26 Å². The monoisotopic (exact) mass is 350 g/mol. The van der Waals surface area contributed by atoms with E-state index in [1.807, 2.05) is 30.0 Å². The van der Waals surface area contributed by atoms with Gasteiger partial charge in [0.2, 0.25) is 0 Å². The van der Waals surface area contributed by atoms with Crippen LogP contribution < -0.4 is 10.5 Å². The zero-order chi connectivity index (χ0) is 18.8. The fraction of sp³-hybridized carbons (Fsp3) is 0.350. The molecule has 1 N–H and O–H groups in total. The van der Waals surface area contributed by atoms with Crippen LogP contribution in [-0.2, 0) is 0 Å². The van der Waals surface area contributed by atoms with E-state index in [1.165, 1.54) is 17.4 Å². The second-order valence-corrected chi connectivity index (χ2v) is 6.72. The van der Waals surface area contributed by atoms with Crippen molar-refractivity contribution < 1.29 is 4.79 Å². The van der Waals surface area contributed by atoms with Crippen molar-refractivity contribution in [1.82, 2.24) is 9.88 Å². The number of anilines is 1. The number of aromatic amines is 1. The Hall–Kier alpha value is -3.07. The average molecular weight is 350 g/mol. The summed E-state index contributed by atoms with van der Waals surface area (Å²) in [5, 5.41) is 9.15. The van der Waals surface area contributed by atoms with Crippen LogP contribution in [-0.4, -0.2) is 41.5 Å². The molecule has 0 saturated carbocycles. The van der Waals surface area contributed by atoms with Gasteiger partial charge in [0.1, 0.15) is 11.6 Å². The van der Waals surface area contributed by atoms with Gasteiger partial charge in [-0.1, -0.05) is 18.2 Å². The number of hydrogen-bond acceptors (Lipinski definition) is 4. The standard InChI is InChI=1S/C20H22N4O2/c1-13-6-4-5-7-18(13)23-8-9-24(14(2)12-23)20(26)17-11-22-19(25)16(10-21)15(17)3/h4-7,11,14H,8-9,12H2,1-3H3,(H,22,25). The Bertz CT molecular complexity index is 942. The van der Waals surface area contributed by atoms with Crippen LogP contribution in [0.15, 0.2) is 35.3 Å². The van der Waals surface area contributed by atoms with E-state index in [2.05, 4.69) is 28.9 Å². The lowest BCUT2D eigenvalue weighted by atomic mass is 10.0. The summed E-state index contributed by atoms with van der Waals surface area (Å²) in [5.41, 5.74) is 2.78. The topological polar surface area (TPSA) is 80.2 Å².